The third-order valence-corrected chi connectivity index (χ3v) is 4.27. The molecule has 0 atom stereocenters. The van der Waals surface area contributed by atoms with Crippen LogP contribution in [0.2, 0.25) is 0 Å². The first-order valence-electron chi connectivity index (χ1n) is 8.66. The Kier molecular flexibility index (Phi) is 5.67. The molecule has 2 aromatic carbocycles. The minimum Gasteiger partial charge on any atom is -0.333 e. The Morgan fingerprint density at radius 1 is 1.00 bits per heavy atom. The molecule has 5 heteroatoms. The highest BCUT2D eigenvalue weighted by molar-refractivity contribution is 5.86. The van der Waals surface area contributed by atoms with Crippen molar-refractivity contribution in [3.8, 4) is 0 Å². The Hall–Kier alpha value is -2.82. The van der Waals surface area contributed by atoms with E-state index in [1.54, 1.807) is 4.90 Å². The van der Waals surface area contributed by atoms with E-state index in [2.05, 4.69) is 5.43 Å². The largest absolute Gasteiger partial charge is 0.333 e. The zero-order valence-corrected chi connectivity index (χ0v) is 14.2. The van der Waals surface area contributed by atoms with E-state index < -0.39 is 0 Å². The number of para-hydroxylation sites is 1. The van der Waals surface area contributed by atoms with Crippen molar-refractivity contribution in [2.45, 2.75) is 25.8 Å². The predicted molar refractivity (Wildman–Crippen MR) is 97.6 cm³/mol. The Morgan fingerprint density at radius 3 is 2.36 bits per heavy atom. The van der Waals surface area contributed by atoms with Crippen molar-refractivity contribution >= 4 is 17.5 Å². The van der Waals surface area contributed by atoms with E-state index in [1.807, 2.05) is 65.7 Å². The van der Waals surface area contributed by atoms with Crippen molar-refractivity contribution in [3.05, 3.63) is 66.2 Å². The topological polar surface area (TPSA) is 52.7 Å². The molecule has 1 N–H and O–H groups in total. The van der Waals surface area contributed by atoms with Gasteiger partial charge in [-0.25, -0.2) is 0 Å². The number of amides is 2. The van der Waals surface area contributed by atoms with Crippen LogP contribution < -0.4 is 10.4 Å². The molecule has 2 amide bonds. The van der Waals surface area contributed by atoms with Gasteiger partial charge in [0.1, 0.15) is 6.54 Å². The molecule has 3 rings (SSSR count). The average molecular weight is 337 g/mol. The van der Waals surface area contributed by atoms with Crippen molar-refractivity contribution in [1.29, 1.82) is 0 Å². The van der Waals surface area contributed by atoms with Gasteiger partial charge in [0.05, 0.1) is 12.2 Å². The molecule has 0 aromatic heterocycles. The number of anilines is 1. The molecule has 5 nitrogen and oxygen atoms in total. The molecule has 25 heavy (non-hydrogen) atoms. The number of hydrogen-bond donors (Lipinski definition) is 1. The van der Waals surface area contributed by atoms with Gasteiger partial charge in [0.15, 0.2) is 0 Å². The first-order valence-corrected chi connectivity index (χ1v) is 8.66. The monoisotopic (exact) mass is 337 g/mol. The van der Waals surface area contributed by atoms with Crippen LogP contribution in [0, 0.1) is 0 Å². The van der Waals surface area contributed by atoms with Crippen molar-refractivity contribution in [1.82, 2.24) is 10.3 Å². The van der Waals surface area contributed by atoms with Crippen LogP contribution in [-0.4, -0.2) is 29.8 Å². The maximum atomic E-state index is 12.5. The molecule has 0 spiro atoms. The van der Waals surface area contributed by atoms with Gasteiger partial charge in [0.2, 0.25) is 5.91 Å². The van der Waals surface area contributed by atoms with Crippen LogP contribution in [0.4, 0.5) is 5.69 Å². The van der Waals surface area contributed by atoms with Gasteiger partial charge in [-0.2, -0.15) is 0 Å². The highest BCUT2D eigenvalue weighted by Gasteiger charge is 2.21. The normalized spacial score (nSPS) is 14.2. The molecule has 1 saturated heterocycles. The first kappa shape index (κ1) is 17.0. The highest BCUT2D eigenvalue weighted by atomic mass is 16.2. The van der Waals surface area contributed by atoms with Crippen molar-refractivity contribution < 1.29 is 9.59 Å². The zero-order chi connectivity index (χ0) is 17.5. The Morgan fingerprint density at radius 2 is 1.68 bits per heavy atom. The molecular weight excluding hydrogens is 314 g/mol. The summed E-state index contributed by atoms with van der Waals surface area (Å²) in [7, 11) is 0. The van der Waals surface area contributed by atoms with Crippen molar-refractivity contribution in [2.24, 2.45) is 0 Å². The van der Waals surface area contributed by atoms with Gasteiger partial charge in [0.25, 0.3) is 5.91 Å². The summed E-state index contributed by atoms with van der Waals surface area (Å²) in [4.78, 5) is 26.0. The third-order valence-electron chi connectivity index (χ3n) is 4.27. The fourth-order valence-electron chi connectivity index (χ4n) is 2.96. The first-order chi connectivity index (χ1) is 12.2. The molecule has 0 radical (unpaired) electrons. The fraction of sp³-hybridized carbons (Fsp3) is 0.300. The maximum absolute atomic E-state index is 12.5. The van der Waals surface area contributed by atoms with E-state index in [-0.39, 0.29) is 18.4 Å². The summed E-state index contributed by atoms with van der Waals surface area (Å²) < 4.78 is 0. The number of nitrogens with one attached hydrogen (secondary N) is 1. The summed E-state index contributed by atoms with van der Waals surface area (Å²) >= 11 is 0. The van der Waals surface area contributed by atoms with Crippen LogP contribution in [0.25, 0.3) is 0 Å². The molecule has 1 heterocycles. The van der Waals surface area contributed by atoms with Gasteiger partial charge in [-0.05, 0) is 30.5 Å². The molecule has 0 aliphatic carbocycles. The fourth-order valence-corrected chi connectivity index (χ4v) is 2.96. The number of piperidine rings is 1. The Balaban J connectivity index is 1.68. The summed E-state index contributed by atoms with van der Waals surface area (Å²) in [5.41, 5.74) is 4.96. The molecule has 1 aliphatic rings. The molecular formula is C20H23N3O2. The van der Waals surface area contributed by atoms with Gasteiger partial charge in [0, 0.05) is 13.0 Å². The van der Waals surface area contributed by atoms with Crippen LogP contribution >= 0.6 is 0 Å². The van der Waals surface area contributed by atoms with E-state index in [1.165, 1.54) is 0 Å². The smallest absolute Gasteiger partial charge is 0.258 e. The Bertz CT molecular complexity index is 703. The van der Waals surface area contributed by atoms with Crippen LogP contribution in [-0.2, 0) is 16.1 Å². The molecule has 1 fully saturated rings. The van der Waals surface area contributed by atoms with E-state index in [0.29, 0.717) is 19.5 Å². The van der Waals surface area contributed by atoms with E-state index >= 15 is 0 Å². The number of hydrogen-bond acceptors (Lipinski definition) is 3. The summed E-state index contributed by atoms with van der Waals surface area (Å²) in [6.07, 6.45) is 2.42. The number of carbonyl (C=O) groups is 2. The second-order valence-electron chi connectivity index (χ2n) is 6.21. The van der Waals surface area contributed by atoms with Crippen LogP contribution in [0.5, 0.6) is 0 Å². The lowest BCUT2D eigenvalue weighted by molar-refractivity contribution is -0.137. The van der Waals surface area contributed by atoms with Crippen molar-refractivity contribution in [3.63, 3.8) is 0 Å². The number of carbonyl (C=O) groups excluding carboxylic acids is 2. The number of hydrazine groups is 1. The lowest BCUT2D eigenvalue weighted by Crippen LogP contribution is -2.48. The SMILES string of the molecule is O=C(CN1CCCCC1=O)NN(Cc1ccccc1)c1ccccc1. The maximum Gasteiger partial charge on any atom is 0.258 e. The van der Waals surface area contributed by atoms with Gasteiger partial charge < -0.3 is 4.90 Å². The van der Waals surface area contributed by atoms with Crippen LogP contribution in [0.15, 0.2) is 60.7 Å². The number of rotatable bonds is 6. The van der Waals surface area contributed by atoms with Crippen LogP contribution in [0.1, 0.15) is 24.8 Å². The molecule has 130 valence electrons. The third kappa shape index (κ3) is 4.83. The minimum absolute atomic E-state index is 0.0655. The van der Waals surface area contributed by atoms with Crippen LogP contribution in [0.3, 0.4) is 0 Å². The molecule has 0 bridgehead atoms. The highest BCUT2D eigenvalue weighted by Crippen LogP contribution is 2.15. The average Bonchev–Trinajstić information content (AvgIpc) is 2.65. The lowest BCUT2D eigenvalue weighted by atomic mass is 10.1. The van der Waals surface area contributed by atoms with Gasteiger partial charge in [-0.1, -0.05) is 48.5 Å². The summed E-state index contributed by atoms with van der Waals surface area (Å²) in [6.45, 7) is 1.33. The van der Waals surface area contributed by atoms with Gasteiger partial charge >= 0.3 is 0 Å². The van der Waals surface area contributed by atoms with E-state index in [0.717, 1.165) is 24.1 Å². The minimum atomic E-state index is -0.171. The summed E-state index contributed by atoms with van der Waals surface area (Å²) in [5.74, 6) is -0.106. The number of benzene rings is 2. The standard InChI is InChI=1S/C20H23N3O2/c24-19(16-22-14-8-7-13-20(22)25)21-23(18-11-5-2-6-12-18)15-17-9-3-1-4-10-17/h1-6,9-12H,7-8,13-16H2,(H,21,24). The molecule has 2 aromatic rings. The summed E-state index contributed by atoms with van der Waals surface area (Å²) in [6, 6.07) is 19.7. The van der Waals surface area contributed by atoms with E-state index in [9.17, 15) is 9.59 Å². The predicted octanol–water partition coefficient (Wildman–Crippen LogP) is 2.74. The molecule has 0 saturated carbocycles. The second-order valence-corrected chi connectivity index (χ2v) is 6.21. The Labute approximate surface area is 148 Å². The number of likely N-dealkylation sites (tertiary alicyclic amines) is 1. The van der Waals surface area contributed by atoms with Gasteiger partial charge in [-0.15, -0.1) is 0 Å². The summed E-state index contributed by atoms with van der Waals surface area (Å²) in [5, 5.41) is 1.83. The quantitative estimate of drug-likeness (QED) is 0.825. The second kappa shape index (κ2) is 8.33. The molecule has 1 aliphatic heterocycles. The van der Waals surface area contributed by atoms with Crippen molar-refractivity contribution in [2.75, 3.05) is 18.1 Å². The van der Waals surface area contributed by atoms with E-state index in [4.69, 9.17) is 0 Å². The number of nitrogens with zero attached hydrogens (tertiary/aromatic N) is 2. The zero-order valence-electron chi connectivity index (χ0n) is 14.2. The lowest BCUT2D eigenvalue weighted by Gasteiger charge is -2.29. The van der Waals surface area contributed by atoms with Gasteiger partial charge in [-0.3, -0.25) is 20.0 Å². The molecule has 0 unspecified atom stereocenters.